The number of benzene rings is 1. The standard InChI is InChI=1S/C14H15F5O/c1-7(13(2)5-8(20)6-13)9-3-12(16)10(4-11(9)15)14(17,18)19/h3-4,7-8,20H,5-6H2,1-2H3. The van der Waals surface area contributed by atoms with E-state index in [-0.39, 0.29) is 11.6 Å². The molecule has 1 aliphatic carbocycles. The van der Waals surface area contributed by atoms with Crippen LogP contribution in [-0.4, -0.2) is 11.2 Å². The van der Waals surface area contributed by atoms with Crippen LogP contribution in [0.4, 0.5) is 22.0 Å². The molecule has 1 aliphatic rings. The second-order valence-electron chi connectivity index (χ2n) is 5.79. The van der Waals surface area contributed by atoms with Crippen LogP contribution in [0.25, 0.3) is 0 Å². The molecule has 2 rings (SSSR count). The van der Waals surface area contributed by atoms with E-state index in [0.717, 1.165) is 0 Å². The van der Waals surface area contributed by atoms with Gasteiger partial charge >= 0.3 is 6.18 Å². The zero-order valence-corrected chi connectivity index (χ0v) is 11.1. The van der Waals surface area contributed by atoms with Gasteiger partial charge in [-0.25, -0.2) is 8.78 Å². The van der Waals surface area contributed by atoms with Crippen LogP contribution in [0, 0.1) is 17.0 Å². The van der Waals surface area contributed by atoms with Crippen molar-refractivity contribution < 1.29 is 27.1 Å². The van der Waals surface area contributed by atoms with Crippen LogP contribution in [0.2, 0.25) is 0 Å². The molecule has 1 aromatic rings. The van der Waals surface area contributed by atoms with Gasteiger partial charge in [-0.05, 0) is 41.9 Å². The van der Waals surface area contributed by atoms with E-state index in [4.69, 9.17) is 0 Å². The Kier molecular flexibility index (Phi) is 3.57. The maximum absolute atomic E-state index is 13.9. The summed E-state index contributed by atoms with van der Waals surface area (Å²) in [4.78, 5) is 0. The van der Waals surface area contributed by atoms with Crippen LogP contribution < -0.4 is 0 Å². The van der Waals surface area contributed by atoms with E-state index in [2.05, 4.69) is 0 Å². The summed E-state index contributed by atoms with van der Waals surface area (Å²) in [6, 6.07) is 0.832. The molecule has 0 amide bonds. The van der Waals surface area contributed by atoms with Gasteiger partial charge in [0.1, 0.15) is 11.6 Å². The Bertz CT molecular complexity index is 517. The van der Waals surface area contributed by atoms with Crippen molar-refractivity contribution in [1.82, 2.24) is 0 Å². The van der Waals surface area contributed by atoms with Crippen LogP contribution in [0.5, 0.6) is 0 Å². The van der Waals surface area contributed by atoms with Crippen molar-refractivity contribution >= 4 is 0 Å². The van der Waals surface area contributed by atoms with Crippen LogP contribution >= 0.6 is 0 Å². The SMILES string of the molecule is CC(c1cc(F)c(C(F)(F)F)cc1F)C1(C)CC(O)C1. The number of hydrogen-bond acceptors (Lipinski definition) is 1. The summed E-state index contributed by atoms with van der Waals surface area (Å²) < 4.78 is 64.9. The lowest BCUT2D eigenvalue weighted by molar-refractivity contribution is -0.140. The lowest BCUT2D eigenvalue weighted by atomic mass is 9.59. The molecule has 20 heavy (non-hydrogen) atoms. The molecule has 1 N–H and O–H groups in total. The molecule has 0 aromatic heterocycles. The minimum absolute atomic E-state index is 0.0788. The molecule has 0 radical (unpaired) electrons. The molecule has 112 valence electrons. The van der Waals surface area contributed by atoms with Gasteiger partial charge < -0.3 is 5.11 Å². The minimum Gasteiger partial charge on any atom is -0.393 e. The molecule has 1 saturated carbocycles. The highest BCUT2D eigenvalue weighted by Gasteiger charge is 2.45. The maximum atomic E-state index is 13.9. The van der Waals surface area contributed by atoms with E-state index in [9.17, 15) is 27.1 Å². The second kappa shape index (κ2) is 4.69. The Morgan fingerprint density at radius 1 is 1.20 bits per heavy atom. The molecule has 1 aromatic carbocycles. The highest BCUT2D eigenvalue weighted by molar-refractivity contribution is 5.32. The topological polar surface area (TPSA) is 20.2 Å². The van der Waals surface area contributed by atoms with Gasteiger partial charge in [0.05, 0.1) is 11.7 Å². The number of aliphatic hydroxyl groups excluding tert-OH is 1. The summed E-state index contributed by atoms with van der Waals surface area (Å²) in [5, 5.41) is 9.34. The summed E-state index contributed by atoms with van der Waals surface area (Å²) in [7, 11) is 0. The third-order valence-corrected chi connectivity index (χ3v) is 4.31. The Balaban J connectivity index is 2.37. The van der Waals surface area contributed by atoms with Crippen molar-refractivity contribution in [1.29, 1.82) is 0 Å². The monoisotopic (exact) mass is 294 g/mol. The van der Waals surface area contributed by atoms with Gasteiger partial charge in [0.25, 0.3) is 0 Å². The first-order chi connectivity index (χ1) is 9.04. The molecular weight excluding hydrogens is 279 g/mol. The summed E-state index contributed by atoms with van der Waals surface area (Å²) >= 11 is 0. The summed E-state index contributed by atoms with van der Waals surface area (Å²) in [6.07, 6.45) is -4.54. The highest BCUT2D eigenvalue weighted by Crippen LogP contribution is 2.51. The molecule has 0 heterocycles. The van der Waals surface area contributed by atoms with Crippen molar-refractivity contribution in [3.05, 3.63) is 34.9 Å². The van der Waals surface area contributed by atoms with Gasteiger partial charge in [-0.15, -0.1) is 0 Å². The fraction of sp³-hybridized carbons (Fsp3) is 0.571. The van der Waals surface area contributed by atoms with Gasteiger partial charge in [-0.1, -0.05) is 13.8 Å². The Morgan fingerprint density at radius 2 is 1.75 bits per heavy atom. The van der Waals surface area contributed by atoms with Crippen molar-refractivity contribution in [2.24, 2.45) is 5.41 Å². The third-order valence-electron chi connectivity index (χ3n) is 4.31. The Morgan fingerprint density at radius 3 is 2.20 bits per heavy atom. The molecule has 1 atom stereocenters. The van der Waals surface area contributed by atoms with Crippen molar-refractivity contribution in [2.45, 2.75) is 44.9 Å². The molecule has 0 bridgehead atoms. The fourth-order valence-electron chi connectivity index (χ4n) is 2.86. The van der Waals surface area contributed by atoms with E-state index >= 15 is 0 Å². The van der Waals surface area contributed by atoms with Crippen LogP contribution in [0.3, 0.4) is 0 Å². The smallest absolute Gasteiger partial charge is 0.393 e. The Labute approximate surface area is 113 Å². The van der Waals surface area contributed by atoms with E-state index in [0.29, 0.717) is 18.9 Å². The third kappa shape index (κ3) is 2.53. The number of alkyl halides is 3. The first kappa shape index (κ1) is 15.2. The highest BCUT2D eigenvalue weighted by atomic mass is 19.4. The number of rotatable bonds is 2. The first-order valence-electron chi connectivity index (χ1n) is 6.29. The maximum Gasteiger partial charge on any atom is 0.419 e. The quantitative estimate of drug-likeness (QED) is 0.809. The zero-order valence-electron chi connectivity index (χ0n) is 11.1. The molecule has 0 saturated heterocycles. The predicted octanol–water partition coefficient (Wildman–Crippen LogP) is 4.25. The summed E-state index contributed by atoms with van der Waals surface area (Å²) in [5.74, 6) is -3.00. The predicted molar refractivity (Wildman–Crippen MR) is 63.1 cm³/mol. The average Bonchev–Trinajstić information content (AvgIpc) is 2.27. The van der Waals surface area contributed by atoms with Gasteiger partial charge in [0, 0.05) is 0 Å². The Hall–Kier alpha value is -1.17. The normalized spacial score (nSPS) is 28.1. The fourth-order valence-corrected chi connectivity index (χ4v) is 2.86. The number of hydrogen-bond donors (Lipinski definition) is 1. The van der Waals surface area contributed by atoms with Crippen molar-refractivity contribution in [2.75, 3.05) is 0 Å². The van der Waals surface area contributed by atoms with E-state index in [1.54, 1.807) is 13.8 Å². The largest absolute Gasteiger partial charge is 0.419 e. The molecule has 0 spiro atoms. The summed E-state index contributed by atoms with van der Waals surface area (Å²) in [6.45, 7) is 3.44. The lowest BCUT2D eigenvalue weighted by Crippen LogP contribution is -2.42. The molecule has 0 aliphatic heterocycles. The van der Waals surface area contributed by atoms with Crippen LogP contribution in [0.1, 0.15) is 43.7 Å². The molecule has 1 unspecified atom stereocenters. The molecule has 6 heteroatoms. The van der Waals surface area contributed by atoms with E-state index < -0.39 is 40.8 Å². The van der Waals surface area contributed by atoms with Gasteiger partial charge in [0.2, 0.25) is 0 Å². The van der Waals surface area contributed by atoms with Gasteiger partial charge in [0.15, 0.2) is 0 Å². The second-order valence-corrected chi connectivity index (χ2v) is 5.79. The van der Waals surface area contributed by atoms with E-state index in [1.807, 2.05) is 0 Å². The van der Waals surface area contributed by atoms with Crippen LogP contribution in [0.15, 0.2) is 12.1 Å². The van der Waals surface area contributed by atoms with Crippen LogP contribution in [-0.2, 0) is 6.18 Å². The molecule has 1 nitrogen and oxygen atoms in total. The number of aliphatic hydroxyl groups is 1. The lowest BCUT2D eigenvalue weighted by Gasteiger charge is -2.47. The summed E-state index contributed by atoms with van der Waals surface area (Å²) in [5.41, 5.74) is -2.10. The van der Waals surface area contributed by atoms with E-state index in [1.165, 1.54) is 0 Å². The number of halogens is 5. The zero-order chi connectivity index (χ0) is 15.3. The first-order valence-corrected chi connectivity index (χ1v) is 6.29. The van der Waals surface area contributed by atoms with Crippen molar-refractivity contribution in [3.8, 4) is 0 Å². The van der Waals surface area contributed by atoms with Gasteiger partial charge in [-0.2, -0.15) is 13.2 Å². The average molecular weight is 294 g/mol. The molecule has 1 fully saturated rings. The minimum atomic E-state index is -4.91. The van der Waals surface area contributed by atoms with Crippen molar-refractivity contribution in [3.63, 3.8) is 0 Å². The molecular formula is C14H15F5O. The van der Waals surface area contributed by atoms with Gasteiger partial charge in [-0.3, -0.25) is 0 Å².